The Morgan fingerprint density at radius 3 is 2.48 bits per heavy atom. The van der Waals surface area contributed by atoms with Crippen LogP contribution in [0.3, 0.4) is 0 Å². The normalized spacial score (nSPS) is 10.3. The van der Waals surface area contributed by atoms with Gasteiger partial charge in [0.1, 0.15) is 17.5 Å². The third kappa shape index (κ3) is 3.89. The third-order valence-corrected chi connectivity index (χ3v) is 3.42. The first-order chi connectivity index (χ1) is 12.0. The van der Waals surface area contributed by atoms with Gasteiger partial charge in [0.15, 0.2) is 0 Å². The van der Waals surface area contributed by atoms with Gasteiger partial charge in [0.25, 0.3) is 5.91 Å². The van der Waals surface area contributed by atoms with Crippen LogP contribution in [0.1, 0.15) is 10.4 Å². The van der Waals surface area contributed by atoms with E-state index < -0.39 is 11.7 Å². The molecule has 4 N–H and O–H groups in total. The topological polar surface area (TPSA) is 80.0 Å². The fourth-order valence-corrected chi connectivity index (χ4v) is 2.18. The zero-order chi connectivity index (χ0) is 17.8. The number of benzene rings is 2. The van der Waals surface area contributed by atoms with Crippen LogP contribution in [0.25, 0.3) is 0 Å². The maximum Gasteiger partial charge on any atom is 0.259 e. The summed E-state index contributed by atoms with van der Waals surface area (Å²) < 4.78 is 26.3. The summed E-state index contributed by atoms with van der Waals surface area (Å²) in [5, 5.41) is 5.51. The Morgan fingerprint density at radius 1 is 1.00 bits per heavy atom. The van der Waals surface area contributed by atoms with Gasteiger partial charge in [0.2, 0.25) is 0 Å². The smallest absolute Gasteiger partial charge is 0.259 e. The van der Waals surface area contributed by atoms with E-state index in [1.165, 1.54) is 42.6 Å². The number of nitrogens with two attached hydrogens (primary N) is 1. The third-order valence-electron chi connectivity index (χ3n) is 3.42. The predicted molar refractivity (Wildman–Crippen MR) is 92.7 cm³/mol. The van der Waals surface area contributed by atoms with Crippen molar-refractivity contribution in [3.8, 4) is 0 Å². The summed E-state index contributed by atoms with van der Waals surface area (Å²) in [6, 6.07) is 12.5. The molecular weight excluding hydrogens is 326 g/mol. The SMILES string of the molecule is Nc1ccc(F)cc1NC(=O)c1cccnc1Nc1ccc(F)cc1. The molecule has 0 saturated carbocycles. The Hall–Kier alpha value is -3.48. The molecule has 2 aromatic carbocycles. The molecular formula is C18H14F2N4O. The van der Waals surface area contributed by atoms with Crippen LogP contribution < -0.4 is 16.4 Å². The van der Waals surface area contributed by atoms with E-state index in [2.05, 4.69) is 15.6 Å². The van der Waals surface area contributed by atoms with Gasteiger partial charge >= 0.3 is 0 Å². The van der Waals surface area contributed by atoms with Crippen molar-refractivity contribution >= 4 is 28.8 Å². The number of aromatic nitrogens is 1. The van der Waals surface area contributed by atoms with Crippen LogP contribution in [0.2, 0.25) is 0 Å². The second kappa shape index (κ2) is 6.96. The Balaban J connectivity index is 1.85. The minimum Gasteiger partial charge on any atom is -0.397 e. The summed E-state index contributed by atoms with van der Waals surface area (Å²) in [5.74, 6) is -1.11. The lowest BCUT2D eigenvalue weighted by Gasteiger charge is -2.12. The average Bonchev–Trinajstić information content (AvgIpc) is 2.60. The number of anilines is 4. The van der Waals surface area contributed by atoms with Crippen molar-refractivity contribution in [1.82, 2.24) is 4.98 Å². The fourth-order valence-electron chi connectivity index (χ4n) is 2.18. The second-order valence-electron chi connectivity index (χ2n) is 5.22. The van der Waals surface area contributed by atoms with Crippen LogP contribution in [-0.2, 0) is 0 Å². The molecule has 0 atom stereocenters. The Morgan fingerprint density at radius 2 is 1.72 bits per heavy atom. The molecule has 1 aromatic heterocycles. The molecule has 7 heteroatoms. The standard InChI is InChI=1S/C18H14F2N4O/c19-11-3-6-13(7-4-11)23-17-14(2-1-9-22-17)18(25)24-16-10-12(20)5-8-15(16)21/h1-10H,21H2,(H,22,23)(H,24,25). The molecule has 0 saturated heterocycles. The minimum atomic E-state index is -0.514. The molecule has 3 rings (SSSR count). The molecule has 0 spiro atoms. The lowest BCUT2D eigenvalue weighted by molar-refractivity contribution is 0.102. The Labute approximate surface area is 142 Å². The van der Waals surface area contributed by atoms with E-state index in [1.54, 1.807) is 12.1 Å². The first-order valence-corrected chi connectivity index (χ1v) is 7.37. The molecule has 3 aromatic rings. The number of carbonyl (C=O) groups is 1. The van der Waals surface area contributed by atoms with Crippen LogP contribution in [0.15, 0.2) is 60.8 Å². The molecule has 0 fully saturated rings. The molecule has 25 heavy (non-hydrogen) atoms. The minimum absolute atomic E-state index is 0.168. The number of carbonyl (C=O) groups excluding carboxylic acids is 1. The first-order valence-electron chi connectivity index (χ1n) is 7.37. The number of hydrogen-bond acceptors (Lipinski definition) is 4. The highest BCUT2D eigenvalue weighted by Crippen LogP contribution is 2.23. The van der Waals surface area contributed by atoms with Crippen LogP contribution in [0, 0.1) is 11.6 Å². The zero-order valence-corrected chi connectivity index (χ0v) is 13.0. The average molecular weight is 340 g/mol. The van der Waals surface area contributed by atoms with Crippen molar-refractivity contribution in [1.29, 1.82) is 0 Å². The van der Waals surface area contributed by atoms with Gasteiger partial charge in [-0.1, -0.05) is 0 Å². The van der Waals surface area contributed by atoms with Crippen molar-refractivity contribution in [2.45, 2.75) is 0 Å². The van der Waals surface area contributed by atoms with E-state index in [0.717, 1.165) is 6.07 Å². The summed E-state index contributed by atoms with van der Waals surface area (Å²) in [4.78, 5) is 16.6. The number of rotatable bonds is 4. The fraction of sp³-hybridized carbons (Fsp3) is 0. The molecule has 0 bridgehead atoms. The monoisotopic (exact) mass is 340 g/mol. The van der Waals surface area contributed by atoms with Crippen molar-refractivity contribution in [3.05, 3.63) is 78.0 Å². The van der Waals surface area contributed by atoms with E-state index in [9.17, 15) is 13.6 Å². The van der Waals surface area contributed by atoms with E-state index in [4.69, 9.17) is 5.73 Å². The number of nitrogens with one attached hydrogen (secondary N) is 2. The van der Waals surface area contributed by atoms with E-state index in [-0.39, 0.29) is 28.6 Å². The number of pyridine rings is 1. The lowest BCUT2D eigenvalue weighted by Crippen LogP contribution is -2.15. The number of nitrogen functional groups attached to an aromatic ring is 1. The molecule has 126 valence electrons. The number of halogens is 2. The van der Waals surface area contributed by atoms with Gasteiger partial charge in [-0.25, -0.2) is 13.8 Å². The number of nitrogens with zero attached hydrogens (tertiary/aromatic N) is 1. The second-order valence-corrected chi connectivity index (χ2v) is 5.22. The summed E-state index contributed by atoms with van der Waals surface area (Å²) in [6.07, 6.45) is 1.51. The molecule has 0 unspecified atom stereocenters. The van der Waals surface area contributed by atoms with Crippen molar-refractivity contribution < 1.29 is 13.6 Å². The Bertz CT molecular complexity index is 913. The highest BCUT2D eigenvalue weighted by atomic mass is 19.1. The first kappa shape index (κ1) is 16.4. The van der Waals surface area contributed by atoms with Gasteiger partial charge in [-0.15, -0.1) is 0 Å². The van der Waals surface area contributed by atoms with Crippen molar-refractivity contribution in [3.63, 3.8) is 0 Å². The largest absolute Gasteiger partial charge is 0.397 e. The summed E-state index contributed by atoms with van der Waals surface area (Å²) in [6.45, 7) is 0. The van der Waals surface area contributed by atoms with Crippen LogP contribution in [0.4, 0.5) is 31.7 Å². The quantitative estimate of drug-likeness (QED) is 0.629. The van der Waals surface area contributed by atoms with Gasteiger partial charge in [-0.05, 0) is 54.6 Å². The maximum atomic E-state index is 13.3. The van der Waals surface area contributed by atoms with Crippen LogP contribution in [-0.4, -0.2) is 10.9 Å². The van der Waals surface area contributed by atoms with Crippen molar-refractivity contribution in [2.75, 3.05) is 16.4 Å². The molecule has 0 aliphatic heterocycles. The van der Waals surface area contributed by atoms with Crippen LogP contribution in [0.5, 0.6) is 0 Å². The molecule has 0 aliphatic rings. The number of amides is 1. The van der Waals surface area contributed by atoms with Gasteiger partial charge < -0.3 is 16.4 Å². The summed E-state index contributed by atoms with van der Waals surface area (Å²) in [7, 11) is 0. The molecule has 0 aliphatic carbocycles. The summed E-state index contributed by atoms with van der Waals surface area (Å²) in [5.41, 5.74) is 6.95. The number of hydrogen-bond donors (Lipinski definition) is 3. The van der Waals surface area contributed by atoms with Crippen molar-refractivity contribution in [2.24, 2.45) is 0 Å². The van der Waals surface area contributed by atoms with Crippen LogP contribution >= 0.6 is 0 Å². The zero-order valence-electron chi connectivity index (χ0n) is 13.0. The highest BCUT2D eigenvalue weighted by Gasteiger charge is 2.14. The van der Waals surface area contributed by atoms with E-state index in [0.29, 0.717) is 5.69 Å². The van der Waals surface area contributed by atoms with E-state index in [1.807, 2.05) is 0 Å². The van der Waals surface area contributed by atoms with E-state index >= 15 is 0 Å². The predicted octanol–water partition coefficient (Wildman–Crippen LogP) is 3.94. The van der Waals surface area contributed by atoms with Gasteiger partial charge in [-0.2, -0.15) is 0 Å². The molecule has 5 nitrogen and oxygen atoms in total. The molecule has 1 heterocycles. The van der Waals surface area contributed by atoms with Gasteiger partial charge in [-0.3, -0.25) is 4.79 Å². The molecule has 1 amide bonds. The summed E-state index contributed by atoms with van der Waals surface area (Å²) >= 11 is 0. The molecule has 0 radical (unpaired) electrons. The highest BCUT2D eigenvalue weighted by molar-refractivity contribution is 6.08. The van der Waals surface area contributed by atoms with Gasteiger partial charge in [0.05, 0.1) is 16.9 Å². The lowest BCUT2D eigenvalue weighted by atomic mass is 10.2. The Kier molecular flexibility index (Phi) is 4.56. The van der Waals surface area contributed by atoms with Gasteiger partial charge in [0, 0.05) is 11.9 Å². The maximum absolute atomic E-state index is 13.3.